The molecule has 4 fully saturated rings. The first-order chi connectivity index (χ1) is 25.4. The summed E-state index contributed by atoms with van der Waals surface area (Å²) in [6, 6.07) is -3.88. The van der Waals surface area contributed by atoms with Crippen molar-refractivity contribution < 1.29 is 32.4 Å². The summed E-state index contributed by atoms with van der Waals surface area (Å²) in [6.07, 6.45) is 13.2. The summed E-state index contributed by atoms with van der Waals surface area (Å²) >= 11 is 0. The highest BCUT2D eigenvalue weighted by Crippen LogP contribution is 2.65. The number of nitrogens with zero attached hydrogens (tertiary/aromatic N) is 2. The van der Waals surface area contributed by atoms with Crippen LogP contribution in [0.4, 0.5) is 4.79 Å². The number of fused-ring (bicyclic) bond motifs is 1. The maximum atomic E-state index is 14.8. The second-order valence-electron chi connectivity index (χ2n) is 18.1. The van der Waals surface area contributed by atoms with Crippen LogP contribution in [0.25, 0.3) is 0 Å². The maximum absolute atomic E-state index is 14.8. The molecule has 4 N–H and O–H groups in total. The van der Waals surface area contributed by atoms with Crippen LogP contribution in [-0.2, 0) is 29.2 Å². The molecule has 2 heterocycles. The number of carbonyl (C=O) groups excluding carboxylic acids is 5. The number of ketones is 1. The number of rotatable bonds is 14. The normalized spacial score (nSPS) is 27.6. The van der Waals surface area contributed by atoms with Crippen molar-refractivity contribution in [2.24, 2.45) is 34.5 Å². The molecule has 54 heavy (non-hydrogen) atoms. The summed E-state index contributed by atoms with van der Waals surface area (Å²) < 4.78 is 28.1. The number of hydrogen-bond donors (Lipinski definition) is 4. The Kier molecular flexibility index (Phi) is 11.6. The Morgan fingerprint density at radius 3 is 2.31 bits per heavy atom. The molecule has 0 spiro atoms. The number of piperidine rings is 1. The fourth-order valence-corrected chi connectivity index (χ4v) is 11.1. The Balaban J connectivity index is 1.20. The molecule has 1 saturated heterocycles. The van der Waals surface area contributed by atoms with Crippen LogP contribution in [0.15, 0.2) is 35.3 Å². The van der Waals surface area contributed by atoms with Crippen molar-refractivity contribution in [1.29, 1.82) is 0 Å². The number of allylic oxidation sites excluding steroid dienone is 2. The van der Waals surface area contributed by atoms with Gasteiger partial charge in [0.15, 0.2) is 0 Å². The van der Waals surface area contributed by atoms with Gasteiger partial charge in [0.2, 0.25) is 27.6 Å². The minimum absolute atomic E-state index is 0.0764. The predicted octanol–water partition coefficient (Wildman–Crippen LogP) is 3.54. The van der Waals surface area contributed by atoms with E-state index in [1.807, 2.05) is 26.8 Å². The summed E-state index contributed by atoms with van der Waals surface area (Å²) in [5.41, 5.74) is 0.149. The van der Waals surface area contributed by atoms with Gasteiger partial charge in [-0.15, -0.1) is 6.58 Å². The van der Waals surface area contributed by atoms with E-state index < -0.39 is 63.2 Å². The van der Waals surface area contributed by atoms with E-state index in [-0.39, 0.29) is 54.6 Å². The lowest BCUT2D eigenvalue weighted by atomic mass is 9.80. The van der Waals surface area contributed by atoms with E-state index >= 15 is 0 Å². The van der Waals surface area contributed by atoms with Crippen LogP contribution in [0.5, 0.6) is 0 Å². The van der Waals surface area contributed by atoms with Crippen molar-refractivity contribution in [1.82, 2.24) is 30.5 Å². The van der Waals surface area contributed by atoms with Gasteiger partial charge in [0.1, 0.15) is 12.1 Å². The third kappa shape index (κ3) is 8.06. The average molecular weight is 769 g/mol. The third-order valence-corrected chi connectivity index (χ3v) is 15.1. The van der Waals surface area contributed by atoms with Gasteiger partial charge in [-0.05, 0) is 71.8 Å². The van der Waals surface area contributed by atoms with Crippen molar-refractivity contribution in [2.45, 2.75) is 123 Å². The average Bonchev–Trinajstić information content (AvgIpc) is 3.55. The molecule has 6 atom stereocenters. The highest BCUT2D eigenvalue weighted by molar-refractivity contribution is 7.93. The van der Waals surface area contributed by atoms with Gasteiger partial charge in [0.25, 0.3) is 5.91 Å². The molecular weight excluding hydrogens is 709 g/mol. The molecule has 4 aliphatic carbocycles. The molecule has 3 saturated carbocycles. The Morgan fingerprint density at radius 2 is 1.70 bits per heavy atom. The number of amides is 5. The molecule has 2 aliphatic heterocycles. The Bertz CT molecular complexity index is 1700. The van der Waals surface area contributed by atoms with Crippen molar-refractivity contribution in [3.8, 4) is 0 Å². The smallest absolute Gasteiger partial charge is 0.315 e. The first-order valence-electron chi connectivity index (χ1n) is 19.9. The minimum atomic E-state index is -3.67. The molecule has 6 aliphatic rings. The molecule has 0 bridgehead atoms. The number of urea groups is 1. The molecule has 0 aromatic carbocycles. The van der Waals surface area contributed by atoms with Gasteiger partial charge in [-0.3, -0.25) is 19.2 Å². The lowest BCUT2D eigenvalue weighted by molar-refractivity contribution is -0.145. The molecule has 0 radical (unpaired) electrons. The van der Waals surface area contributed by atoms with Gasteiger partial charge >= 0.3 is 6.03 Å². The van der Waals surface area contributed by atoms with E-state index in [9.17, 15) is 32.4 Å². The molecule has 6 rings (SSSR count). The van der Waals surface area contributed by atoms with Crippen LogP contribution >= 0.6 is 0 Å². The summed E-state index contributed by atoms with van der Waals surface area (Å²) in [5.74, 6) is -2.22. The molecule has 5 amide bonds. The lowest BCUT2D eigenvalue weighted by Gasteiger charge is -2.38. The second-order valence-corrected chi connectivity index (χ2v) is 20.0. The van der Waals surface area contributed by atoms with Gasteiger partial charge in [0, 0.05) is 32.2 Å². The number of nitrogens with one attached hydrogen (secondary N) is 4. The van der Waals surface area contributed by atoms with E-state index in [2.05, 4.69) is 41.7 Å². The third-order valence-electron chi connectivity index (χ3n) is 13.2. The van der Waals surface area contributed by atoms with E-state index in [0.29, 0.717) is 24.3 Å². The standard InChI is InChI=1S/C40H60N6O7S/c1-7-19-41-36(49)34(47)28(20-24-13-11-14-24)42-35(48)33-31-27(40(31,5)6)22-46(33)37(50)32(25-15-9-8-10-16-25)44-38(51)43-30(39(2,3)4)23-45-21-26-17-12-18-29(26)54(45,52)53/h7,12,18,24-25,27-28,30-33H,1,8-11,13-17,19-23H2,2-6H3,(H,41,49)(H,42,48)(H2,43,44,51)/t27-,28?,30+,31-,32-,33-/m0/s1. The largest absolute Gasteiger partial charge is 0.346 e. The van der Waals surface area contributed by atoms with Gasteiger partial charge in [-0.1, -0.05) is 85.3 Å². The number of sulfonamides is 1. The van der Waals surface area contributed by atoms with Crippen LogP contribution in [0.3, 0.4) is 0 Å². The van der Waals surface area contributed by atoms with Gasteiger partial charge in [-0.2, -0.15) is 4.31 Å². The number of Topliss-reactive ketones (excluding diaryl/α,β-unsaturated/α-hetero) is 1. The van der Waals surface area contributed by atoms with Crippen LogP contribution < -0.4 is 21.3 Å². The SMILES string of the molecule is C=CCNC(=O)C(=O)C(CC1CCC1)NC(=O)[C@@H]1[C@@H]2[C@H](CN1C(=O)[C@@H](NC(=O)N[C@H](CN1CC3=C(C=CC3)S1(=O)=O)C(C)(C)C)C1CCCCC1)C2(C)C. The second kappa shape index (κ2) is 15.5. The fraction of sp³-hybridized carbons (Fsp3) is 0.725. The van der Waals surface area contributed by atoms with E-state index in [0.717, 1.165) is 56.9 Å². The van der Waals surface area contributed by atoms with E-state index in [4.69, 9.17) is 0 Å². The van der Waals surface area contributed by atoms with Gasteiger partial charge in [-0.25, -0.2) is 13.2 Å². The molecule has 14 heteroatoms. The van der Waals surface area contributed by atoms with E-state index in [1.165, 1.54) is 10.4 Å². The minimum Gasteiger partial charge on any atom is -0.346 e. The van der Waals surface area contributed by atoms with E-state index in [1.54, 1.807) is 11.0 Å². The highest BCUT2D eigenvalue weighted by Gasteiger charge is 2.70. The topological polar surface area (TPSA) is 174 Å². The Labute approximate surface area is 320 Å². The molecular formula is C40H60N6O7S. The fourth-order valence-electron chi connectivity index (χ4n) is 9.42. The molecule has 0 aromatic heterocycles. The summed E-state index contributed by atoms with van der Waals surface area (Å²) in [4.78, 5) is 71.1. The molecule has 1 unspecified atom stereocenters. The van der Waals surface area contributed by atoms with Crippen LogP contribution in [-0.4, -0.2) is 97.5 Å². The molecule has 0 aromatic rings. The number of carbonyl (C=O) groups is 5. The van der Waals surface area contributed by atoms with Crippen LogP contribution in [0.1, 0.15) is 98.8 Å². The highest BCUT2D eigenvalue weighted by atomic mass is 32.2. The summed E-state index contributed by atoms with van der Waals surface area (Å²) in [6.45, 7) is 14.4. The molecule has 298 valence electrons. The maximum Gasteiger partial charge on any atom is 0.315 e. The summed E-state index contributed by atoms with van der Waals surface area (Å²) in [7, 11) is -3.67. The number of likely N-dealkylation sites (tertiary alicyclic amines) is 1. The zero-order chi connectivity index (χ0) is 39.2. The molecule has 13 nitrogen and oxygen atoms in total. The first kappa shape index (κ1) is 40.2. The van der Waals surface area contributed by atoms with Crippen LogP contribution in [0, 0.1) is 34.5 Å². The zero-order valence-corrected chi connectivity index (χ0v) is 33.4. The Hall–Kier alpha value is -3.52. The van der Waals surface area contributed by atoms with Crippen molar-refractivity contribution in [3.05, 3.63) is 35.3 Å². The quantitative estimate of drug-likeness (QED) is 0.155. The monoisotopic (exact) mass is 768 g/mol. The number of hydrogen-bond acceptors (Lipinski definition) is 7. The van der Waals surface area contributed by atoms with Crippen molar-refractivity contribution in [3.63, 3.8) is 0 Å². The van der Waals surface area contributed by atoms with Gasteiger partial charge in [0.05, 0.1) is 10.9 Å². The Morgan fingerprint density at radius 1 is 1.00 bits per heavy atom. The lowest BCUT2D eigenvalue weighted by Crippen LogP contribution is -2.62. The first-order valence-corrected chi connectivity index (χ1v) is 21.4. The van der Waals surface area contributed by atoms with Crippen molar-refractivity contribution >= 4 is 39.6 Å². The van der Waals surface area contributed by atoms with Gasteiger partial charge < -0.3 is 26.2 Å². The zero-order valence-electron chi connectivity index (χ0n) is 32.6. The summed E-state index contributed by atoms with van der Waals surface area (Å²) in [5, 5.41) is 11.5. The predicted molar refractivity (Wildman–Crippen MR) is 205 cm³/mol. The van der Waals surface area contributed by atoms with Crippen molar-refractivity contribution in [2.75, 3.05) is 26.2 Å². The van der Waals surface area contributed by atoms with Crippen LogP contribution in [0.2, 0.25) is 0 Å².